The lowest BCUT2D eigenvalue weighted by Gasteiger charge is -2.46. The van der Waals surface area contributed by atoms with Crippen LogP contribution in [0.2, 0.25) is 18.1 Å². The molecule has 1 unspecified atom stereocenters. The van der Waals surface area contributed by atoms with Gasteiger partial charge in [-0.15, -0.1) is 0 Å². The van der Waals surface area contributed by atoms with Crippen LogP contribution in [0.25, 0.3) is 10.8 Å². The van der Waals surface area contributed by atoms with Crippen molar-refractivity contribution in [2.75, 3.05) is 0 Å². The standard InChI is InChI=1S/C25H33NO4Si/c1-14(30-31(5,6)25(2,3)4)20-21(26-24(20)29)15-11-12-18-19(13-15)23(28)17-10-8-7-9-16(17)22(18)27/h7-11,14,20-21,27-28H,12-13H2,1-6H3,(H,26,29)/t14?,20-,21-/m1/s1. The first-order chi connectivity index (χ1) is 14.4. The SMILES string of the molecule is CC(O[Si](C)(C)C(C)(C)C)[C@H]1C(=O)N[C@@H]1C1=CCc2c(c(O)c3ccccc3c2O)C1. The van der Waals surface area contributed by atoms with Crippen molar-refractivity contribution < 1.29 is 19.4 Å². The average molecular weight is 440 g/mol. The number of hydrogen-bond donors (Lipinski definition) is 3. The highest BCUT2D eigenvalue weighted by molar-refractivity contribution is 6.74. The summed E-state index contributed by atoms with van der Waals surface area (Å²) < 4.78 is 6.53. The largest absolute Gasteiger partial charge is 0.507 e. The van der Waals surface area contributed by atoms with Crippen LogP contribution in [0.3, 0.4) is 0 Å². The van der Waals surface area contributed by atoms with Gasteiger partial charge in [-0.1, -0.05) is 51.1 Å². The molecule has 1 heterocycles. The van der Waals surface area contributed by atoms with E-state index in [-0.39, 0.29) is 40.5 Å². The number of β-lactam (4-membered cyclic amide) rings is 1. The van der Waals surface area contributed by atoms with Gasteiger partial charge in [0.25, 0.3) is 0 Å². The molecule has 0 spiro atoms. The quantitative estimate of drug-likeness (QED) is 0.277. The molecular weight excluding hydrogens is 406 g/mol. The predicted molar refractivity (Wildman–Crippen MR) is 126 cm³/mol. The number of aromatic hydroxyl groups is 2. The van der Waals surface area contributed by atoms with Crippen LogP contribution in [0.15, 0.2) is 35.9 Å². The molecule has 2 aliphatic rings. The number of phenolic OH excluding ortho intramolecular Hbond substituents is 2. The predicted octanol–water partition coefficient (Wildman–Crippen LogP) is 4.80. The summed E-state index contributed by atoms with van der Waals surface area (Å²) in [5, 5.41) is 26.2. The van der Waals surface area contributed by atoms with E-state index < -0.39 is 8.32 Å². The van der Waals surface area contributed by atoms with Crippen molar-refractivity contribution in [1.29, 1.82) is 0 Å². The molecule has 2 aromatic carbocycles. The van der Waals surface area contributed by atoms with Gasteiger partial charge in [0, 0.05) is 21.9 Å². The first kappa shape index (κ1) is 21.9. The van der Waals surface area contributed by atoms with Crippen LogP contribution in [-0.4, -0.2) is 36.6 Å². The van der Waals surface area contributed by atoms with Gasteiger partial charge in [-0.05, 0) is 43.5 Å². The smallest absolute Gasteiger partial charge is 0.228 e. The lowest BCUT2D eigenvalue weighted by Crippen LogP contribution is -2.64. The van der Waals surface area contributed by atoms with Crippen LogP contribution >= 0.6 is 0 Å². The summed E-state index contributed by atoms with van der Waals surface area (Å²) >= 11 is 0. The fourth-order valence-corrected chi connectivity index (χ4v) is 6.01. The Morgan fingerprint density at radius 2 is 1.68 bits per heavy atom. The van der Waals surface area contributed by atoms with Gasteiger partial charge in [-0.3, -0.25) is 4.79 Å². The number of phenols is 2. The number of benzene rings is 2. The van der Waals surface area contributed by atoms with Crippen LogP contribution in [0.5, 0.6) is 11.5 Å². The van der Waals surface area contributed by atoms with E-state index in [9.17, 15) is 15.0 Å². The van der Waals surface area contributed by atoms with E-state index in [4.69, 9.17) is 4.43 Å². The van der Waals surface area contributed by atoms with E-state index in [1.807, 2.05) is 31.2 Å². The third-order valence-electron chi connectivity index (χ3n) is 7.47. The van der Waals surface area contributed by atoms with Crippen LogP contribution in [0.1, 0.15) is 38.8 Å². The highest BCUT2D eigenvalue weighted by atomic mass is 28.4. The maximum absolute atomic E-state index is 12.5. The van der Waals surface area contributed by atoms with Crippen molar-refractivity contribution in [2.24, 2.45) is 5.92 Å². The Hall–Kier alpha value is -2.31. The van der Waals surface area contributed by atoms with Crippen LogP contribution < -0.4 is 5.32 Å². The summed E-state index contributed by atoms with van der Waals surface area (Å²) in [6, 6.07) is 7.26. The van der Waals surface area contributed by atoms with Gasteiger partial charge >= 0.3 is 0 Å². The molecular formula is C25H33NO4Si. The lowest BCUT2D eigenvalue weighted by atomic mass is 9.76. The molecule has 0 bridgehead atoms. The van der Waals surface area contributed by atoms with E-state index in [0.29, 0.717) is 23.6 Å². The van der Waals surface area contributed by atoms with E-state index >= 15 is 0 Å². The number of fused-ring (bicyclic) bond motifs is 2. The van der Waals surface area contributed by atoms with Gasteiger partial charge in [-0.2, -0.15) is 0 Å². The molecule has 4 rings (SSSR count). The van der Waals surface area contributed by atoms with Crippen molar-refractivity contribution in [3.8, 4) is 11.5 Å². The zero-order valence-corrected chi connectivity index (χ0v) is 20.2. The highest BCUT2D eigenvalue weighted by Gasteiger charge is 2.48. The summed E-state index contributed by atoms with van der Waals surface area (Å²) in [7, 11) is -2.00. The first-order valence-corrected chi connectivity index (χ1v) is 13.9. The molecule has 0 radical (unpaired) electrons. The lowest BCUT2D eigenvalue weighted by molar-refractivity contribution is -0.138. The van der Waals surface area contributed by atoms with Crippen molar-refractivity contribution in [3.63, 3.8) is 0 Å². The minimum atomic E-state index is -2.00. The molecule has 6 heteroatoms. The Bertz CT molecular complexity index is 1080. The van der Waals surface area contributed by atoms with Crippen LogP contribution in [0.4, 0.5) is 0 Å². The third kappa shape index (κ3) is 3.55. The molecule has 5 nitrogen and oxygen atoms in total. The number of carbonyl (C=O) groups excluding carboxylic acids is 1. The monoisotopic (exact) mass is 439 g/mol. The molecule has 1 aliphatic heterocycles. The zero-order chi connectivity index (χ0) is 22.7. The van der Waals surface area contributed by atoms with E-state index in [0.717, 1.165) is 16.7 Å². The molecule has 3 atom stereocenters. The molecule has 1 amide bonds. The second kappa shape index (κ2) is 7.38. The number of hydrogen-bond acceptors (Lipinski definition) is 4. The Labute approximate surface area is 185 Å². The molecule has 1 fully saturated rings. The highest BCUT2D eigenvalue weighted by Crippen LogP contribution is 2.45. The normalized spacial score (nSPS) is 22.4. The van der Waals surface area contributed by atoms with Gasteiger partial charge in [-0.25, -0.2) is 0 Å². The minimum Gasteiger partial charge on any atom is -0.507 e. The van der Waals surface area contributed by atoms with Crippen LogP contribution in [0, 0.1) is 5.92 Å². The summed E-state index contributed by atoms with van der Waals surface area (Å²) in [6.07, 6.45) is 2.95. The minimum absolute atomic E-state index is 0.0217. The second-order valence-corrected chi connectivity index (χ2v) is 15.2. The van der Waals surface area contributed by atoms with Crippen LogP contribution in [-0.2, 0) is 22.1 Å². The molecule has 3 N–H and O–H groups in total. The van der Waals surface area contributed by atoms with Crippen molar-refractivity contribution in [1.82, 2.24) is 5.32 Å². The van der Waals surface area contributed by atoms with E-state index in [1.165, 1.54) is 0 Å². The zero-order valence-electron chi connectivity index (χ0n) is 19.2. The molecule has 0 saturated carbocycles. The summed E-state index contributed by atoms with van der Waals surface area (Å²) in [5.41, 5.74) is 2.60. The van der Waals surface area contributed by atoms with Crippen molar-refractivity contribution in [2.45, 2.75) is 70.8 Å². The number of nitrogens with one attached hydrogen (secondary N) is 1. The topological polar surface area (TPSA) is 78.8 Å². The fourth-order valence-electron chi connectivity index (χ4n) is 4.58. The Balaban J connectivity index is 1.60. The molecule has 2 aromatic rings. The fraction of sp³-hybridized carbons (Fsp3) is 0.480. The Morgan fingerprint density at radius 3 is 2.23 bits per heavy atom. The Kier molecular flexibility index (Phi) is 5.21. The van der Waals surface area contributed by atoms with Gasteiger partial charge in [0.1, 0.15) is 11.5 Å². The van der Waals surface area contributed by atoms with Crippen molar-refractivity contribution >= 4 is 25.0 Å². The molecule has 1 aliphatic carbocycles. The number of amides is 1. The second-order valence-electron chi connectivity index (χ2n) is 10.5. The molecule has 0 aromatic heterocycles. The average Bonchev–Trinajstić information content (AvgIpc) is 2.68. The summed E-state index contributed by atoms with van der Waals surface area (Å²) in [6.45, 7) is 13.0. The van der Waals surface area contributed by atoms with Gasteiger partial charge in [0.05, 0.1) is 18.1 Å². The van der Waals surface area contributed by atoms with E-state index in [1.54, 1.807) is 0 Å². The summed E-state index contributed by atoms with van der Waals surface area (Å²) in [5.74, 6) is 0.246. The molecule has 31 heavy (non-hydrogen) atoms. The number of allylic oxidation sites excluding steroid dienone is 1. The van der Waals surface area contributed by atoms with Gasteiger partial charge in [0.15, 0.2) is 8.32 Å². The summed E-state index contributed by atoms with van der Waals surface area (Å²) in [4.78, 5) is 12.5. The van der Waals surface area contributed by atoms with Gasteiger partial charge < -0.3 is 20.0 Å². The first-order valence-electron chi connectivity index (χ1n) is 11.0. The number of carbonyl (C=O) groups is 1. The maximum Gasteiger partial charge on any atom is 0.228 e. The number of rotatable bonds is 4. The maximum atomic E-state index is 12.5. The third-order valence-corrected chi connectivity index (χ3v) is 12.0. The van der Waals surface area contributed by atoms with Gasteiger partial charge in [0.2, 0.25) is 5.91 Å². The molecule has 166 valence electrons. The Morgan fingerprint density at radius 1 is 1.10 bits per heavy atom. The van der Waals surface area contributed by atoms with Crippen molar-refractivity contribution in [3.05, 3.63) is 47.0 Å². The van der Waals surface area contributed by atoms with E-state index in [2.05, 4.69) is 45.3 Å². The molecule has 1 saturated heterocycles.